The molecule has 0 aromatic heterocycles. The molecule has 4 rings (SSSR count). The van der Waals surface area contributed by atoms with Crippen LogP contribution in [0.25, 0.3) is 0 Å². The third-order valence-electron chi connectivity index (χ3n) is 8.11. The van der Waals surface area contributed by atoms with E-state index in [0.717, 1.165) is 18.9 Å². The van der Waals surface area contributed by atoms with Gasteiger partial charge in [0.05, 0.1) is 12.0 Å². The molecule has 0 aliphatic heterocycles. The highest BCUT2D eigenvalue weighted by molar-refractivity contribution is 5.75. The van der Waals surface area contributed by atoms with Crippen LogP contribution in [0, 0.1) is 35.1 Å². The number of carbonyl (C=O) groups excluding carboxylic acids is 1. The number of esters is 1. The van der Waals surface area contributed by atoms with Crippen molar-refractivity contribution in [2.75, 3.05) is 6.61 Å². The number of hydrogen-bond acceptors (Lipinski definition) is 4. The summed E-state index contributed by atoms with van der Waals surface area (Å²) in [6.07, 6.45) is 5.61. The number of aliphatic hydroxyl groups is 1. The molecule has 8 heteroatoms. The van der Waals surface area contributed by atoms with E-state index in [-0.39, 0.29) is 30.1 Å². The highest BCUT2D eigenvalue weighted by atomic mass is 19.2. The van der Waals surface area contributed by atoms with Crippen molar-refractivity contribution in [1.82, 2.24) is 0 Å². The van der Waals surface area contributed by atoms with Crippen molar-refractivity contribution in [2.45, 2.75) is 76.2 Å². The molecule has 0 heterocycles. The van der Waals surface area contributed by atoms with E-state index in [2.05, 4.69) is 6.58 Å². The zero-order valence-corrected chi connectivity index (χ0v) is 21.5. The second kappa shape index (κ2) is 12.3. The summed E-state index contributed by atoms with van der Waals surface area (Å²) < 4.78 is 68.9. The van der Waals surface area contributed by atoms with Gasteiger partial charge in [-0.3, -0.25) is 4.79 Å². The molecule has 4 nitrogen and oxygen atoms in total. The van der Waals surface area contributed by atoms with Crippen LogP contribution < -0.4 is 9.47 Å². The zero-order valence-electron chi connectivity index (χ0n) is 21.5. The maximum atomic E-state index is 15.1. The van der Waals surface area contributed by atoms with Gasteiger partial charge in [0.1, 0.15) is 6.61 Å². The van der Waals surface area contributed by atoms with Crippen LogP contribution in [-0.4, -0.2) is 23.8 Å². The van der Waals surface area contributed by atoms with Gasteiger partial charge in [-0.15, -0.1) is 0 Å². The number of carbonyl (C=O) groups is 1. The largest absolute Gasteiger partial charge is 0.486 e. The molecule has 0 radical (unpaired) electrons. The highest BCUT2D eigenvalue weighted by Gasteiger charge is 2.33. The van der Waals surface area contributed by atoms with Crippen LogP contribution >= 0.6 is 0 Å². The lowest BCUT2D eigenvalue weighted by Crippen LogP contribution is -2.26. The first-order valence-corrected chi connectivity index (χ1v) is 13.3. The minimum Gasteiger partial charge on any atom is -0.486 e. The van der Waals surface area contributed by atoms with Crippen LogP contribution in [0.15, 0.2) is 36.9 Å². The van der Waals surface area contributed by atoms with Crippen LogP contribution in [0.4, 0.5) is 17.6 Å². The van der Waals surface area contributed by atoms with E-state index in [9.17, 15) is 18.7 Å². The Kier molecular flexibility index (Phi) is 9.13. The number of hydrogen-bond donors (Lipinski definition) is 1. The van der Waals surface area contributed by atoms with Gasteiger partial charge >= 0.3 is 5.97 Å². The first-order chi connectivity index (χ1) is 18.2. The smallest absolute Gasteiger partial charge is 0.314 e. The van der Waals surface area contributed by atoms with Crippen molar-refractivity contribution in [1.29, 1.82) is 0 Å². The van der Waals surface area contributed by atoms with Gasteiger partial charge in [0, 0.05) is 0 Å². The molecule has 1 N–H and O–H groups in total. The molecular formula is C30H34F4O4. The molecule has 2 fully saturated rings. The Morgan fingerprint density at radius 3 is 1.89 bits per heavy atom. The molecule has 2 saturated carbocycles. The molecule has 0 spiro atoms. The molecule has 2 aliphatic carbocycles. The molecule has 1 atom stereocenters. The number of benzene rings is 2. The highest BCUT2D eigenvalue weighted by Crippen LogP contribution is 2.42. The number of rotatable bonds is 8. The van der Waals surface area contributed by atoms with Gasteiger partial charge < -0.3 is 14.6 Å². The summed E-state index contributed by atoms with van der Waals surface area (Å²) in [7, 11) is 0. The Balaban J connectivity index is 1.35. The Morgan fingerprint density at radius 2 is 1.37 bits per heavy atom. The average molecular weight is 535 g/mol. The average Bonchev–Trinajstić information content (AvgIpc) is 2.92. The van der Waals surface area contributed by atoms with E-state index in [1.165, 1.54) is 12.1 Å². The molecule has 206 valence electrons. The zero-order chi connectivity index (χ0) is 27.4. The van der Waals surface area contributed by atoms with Gasteiger partial charge in [-0.05, 0) is 99.3 Å². The molecule has 2 aromatic carbocycles. The lowest BCUT2D eigenvalue weighted by atomic mass is 9.75. The Hall–Kier alpha value is -2.87. The van der Waals surface area contributed by atoms with E-state index in [1.807, 2.05) is 0 Å². The first-order valence-electron chi connectivity index (χ1n) is 13.3. The summed E-state index contributed by atoms with van der Waals surface area (Å²) in [4.78, 5) is 12.6. The first kappa shape index (κ1) is 28.1. The van der Waals surface area contributed by atoms with Gasteiger partial charge in [-0.1, -0.05) is 24.8 Å². The van der Waals surface area contributed by atoms with E-state index in [4.69, 9.17) is 9.47 Å². The third kappa shape index (κ3) is 6.06. The van der Waals surface area contributed by atoms with Crippen LogP contribution in [0.2, 0.25) is 0 Å². The van der Waals surface area contributed by atoms with E-state index in [1.54, 1.807) is 19.1 Å². The molecule has 1 unspecified atom stereocenters. The van der Waals surface area contributed by atoms with Crippen molar-refractivity contribution in [2.24, 2.45) is 11.8 Å². The standard InChI is InChI=1S/C30H34F4O4/c1-3-16-37-24-14-15-25(29(34)28(24)33)38-30(36)21-10-8-20(9-11-21)23-13-12-22(26(31)27(23)32)19-6-4-18(5-7-19)17(2)35/h3,12-15,17-21,35H,1,4-11,16H2,2H3. The van der Waals surface area contributed by atoms with Gasteiger partial charge in [0.25, 0.3) is 0 Å². The fourth-order valence-corrected chi connectivity index (χ4v) is 5.81. The topological polar surface area (TPSA) is 55.8 Å². The van der Waals surface area contributed by atoms with Crippen molar-refractivity contribution >= 4 is 5.97 Å². The van der Waals surface area contributed by atoms with Crippen LogP contribution in [0.5, 0.6) is 11.5 Å². The van der Waals surface area contributed by atoms with E-state index in [0.29, 0.717) is 49.7 Å². The van der Waals surface area contributed by atoms with Crippen molar-refractivity contribution in [3.8, 4) is 11.5 Å². The van der Waals surface area contributed by atoms with Gasteiger partial charge in [0.2, 0.25) is 11.6 Å². The van der Waals surface area contributed by atoms with Crippen molar-refractivity contribution in [3.63, 3.8) is 0 Å². The SMILES string of the molecule is C=CCOc1ccc(OC(=O)C2CCC(c3ccc(C4CCC(C(C)O)CC4)c(F)c3F)CC2)c(F)c1F. The summed E-state index contributed by atoms with van der Waals surface area (Å²) in [5.41, 5.74) is 0.696. The molecule has 38 heavy (non-hydrogen) atoms. The Labute approximate surface area is 220 Å². The second-order valence-corrected chi connectivity index (χ2v) is 10.5. The quantitative estimate of drug-likeness (QED) is 0.167. The second-order valence-electron chi connectivity index (χ2n) is 10.5. The molecule has 0 amide bonds. The summed E-state index contributed by atoms with van der Waals surface area (Å²) in [5.74, 6) is -6.38. The minimum absolute atomic E-state index is 0.00305. The van der Waals surface area contributed by atoms with Gasteiger partial charge in [-0.2, -0.15) is 8.78 Å². The molecule has 2 aliphatic rings. The minimum atomic E-state index is -1.31. The molecule has 0 saturated heterocycles. The lowest BCUT2D eigenvalue weighted by molar-refractivity contribution is -0.140. The summed E-state index contributed by atoms with van der Waals surface area (Å²) >= 11 is 0. The van der Waals surface area contributed by atoms with Crippen LogP contribution in [0.3, 0.4) is 0 Å². The van der Waals surface area contributed by atoms with Gasteiger partial charge in [-0.25, -0.2) is 8.78 Å². The van der Waals surface area contributed by atoms with Crippen molar-refractivity contribution < 1.29 is 36.9 Å². The fraction of sp³-hybridized carbons (Fsp3) is 0.500. The fourth-order valence-electron chi connectivity index (χ4n) is 5.81. The Morgan fingerprint density at radius 1 is 0.868 bits per heavy atom. The predicted molar refractivity (Wildman–Crippen MR) is 135 cm³/mol. The van der Waals surface area contributed by atoms with Crippen molar-refractivity contribution in [3.05, 3.63) is 71.3 Å². The normalized spacial score (nSPS) is 24.5. The molecule has 0 bridgehead atoms. The van der Waals surface area contributed by atoms with Gasteiger partial charge in [0.15, 0.2) is 23.1 Å². The maximum absolute atomic E-state index is 15.1. The number of halogens is 4. The number of aliphatic hydroxyl groups excluding tert-OH is 1. The summed E-state index contributed by atoms with van der Waals surface area (Å²) in [5, 5.41) is 9.80. The maximum Gasteiger partial charge on any atom is 0.314 e. The Bertz CT molecular complexity index is 1150. The third-order valence-corrected chi connectivity index (χ3v) is 8.11. The predicted octanol–water partition coefficient (Wildman–Crippen LogP) is 7.34. The molecular weight excluding hydrogens is 500 g/mol. The van der Waals surface area contributed by atoms with Crippen LogP contribution in [-0.2, 0) is 4.79 Å². The summed E-state index contributed by atoms with van der Waals surface area (Å²) in [6.45, 7) is 5.21. The monoisotopic (exact) mass is 534 g/mol. The number of ether oxygens (including phenoxy) is 2. The van der Waals surface area contributed by atoms with E-state index < -0.39 is 47.0 Å². The summed E-state index contributed by atoms with van der Waals surface area (Å²) in [6, 6.07) is 5.66. The van der Waals surface area contributed by atoms with E-state index >= 15 is 8.78 Å². The van der Waals surface area contributed by atoms with Crippen LogP contribution in [0.1, 0.15) is 81.3 Å². The lowest BCUT2D eigenvalue weighted by Gasteiger charge is -2.31. The molecule has 2 aromatic rings.